The molecule has 1 amide bonds. The summed E-state index contributed by atoms with van der Waals surface area (Å²) in [6.07, 6.45) is 18.5. The Morgan fingerprint density at radius 3 is 1.87 bits per heavy atom. The number of hydrogen-bond acceptors (Lipinski definition) is 5. The van der Waals surface area contributed by atoms with E-state index in [-0.39, 0.29) is 90.0 Å². The quantitative estimate of drug-likeness (QED) is 0.0725. The van der Waals surface area contributed by atoms with E-state index in [1.54, 1.807) is 0 Å². The Hall–Kier alpha value is -0.190. The maximum atomic E-state index is 12.9. The van der Waals surface area contributed by atoms with E-state index in [4.69, 9.17) is 9.47 Å². The molecule has 236 valence electrons. The molecule has 1 heterocycles. The van der Waals surface area contributed by atoms with Crippen LogP contribution in [0.25, 0.3) is 0 Å². The van der Waals surface area contributed by atoms with Gasteiger partial charge in [-0.3, -0.25) is 9.59 Å². The van der Waals surface area contributed by atoms with E-state index in [0.29, 0.717) is 19.3 Å². The Morgan fingerprint density at radius 2 is 1.38 bits per heavy atom. The highest BCUT2D eigenvalue weighted by Gasteiger charge is 2.43. The third-order valence-corrected chi connectivity index (χ3v) is 7.06. The largest absolute Gasteiger partial charge is 0.461 e. The summed E-state index contributed by atoms with van der Waals surface area (Å²) in [5.74, 6) is -0.302. The van der Waals surface area contributed by atoms with Crippen LogP contribution in [0.1, 0.15) is 137 Å². The van der Waals surface area contributed by atoms with Gasteiger partial charge in [0.15, 0.2) is 0 Å². The lowest BCUT2D eigenvalue weighted by molar-refractivity contribution is -0.190. The highest BCUT2D eigenvalue weighted by molar-refractivity contribution is 7.59. The molecule has 10 heteroatoms. The Labute approximate surface area is 267 Å². The zero-order valence-corrected chi connectivity index (χ0v) is 29.0. The zero-order valence-electron chi connectivity index (χ0n) is 25.0. The summed E-state index contributed by atoms with van der Waals surface area (Å²) in [7, 11) is 0. The first-order valence-corrected chi connectivity index (χ1v) is 14.5. The van der Waals surface area contributed by atoms with Gasteiger partial charge in [0.1, 0.15) is 18.2 Å². The smallest absolute Gasteiger partial charge is 0.328 e. The molecule has 1 saturated heterocycles. The van der Waals surface area contributed by atoms with Crippen LogP contribution < -0.4 is 5.32 Å². The van der Waals surface area contributed by atoms with Gasteiger partial charge in [-0.2, -0.15) is 54.0 Å². The predicted octanol–water partition coefficient (Wildman–Crippen LogP) is 7.33. The molecule has 6 nitrogen and oxygen atoms in total. The van der Waals surface area contributed by atoms with E-state index in [1.807, 2.05) is 13.8 Å². The van der Waals surface area contributed by atoms with Crippen molar-refractivity contribution >= 4 is 72.3 Å². The topological polar surface area (TPSA) is 81.7 Å². The molecule has 0 aromatic heterocycles. The van der Waals surface area contributed by atoms with Crippen molar-refractivity contribution in [1.82, 2.24) is 5.32 Å². The van der Waals surface area contributed by atoms with Crippen molar-refractivity contribution in [2.24, 2.45) is 11.8 Å². The molecule has 1 rings (SSSR count). The van der Waals surface area contributed by atoms with Crippen LogP contribution in [0.5, 0.6) is 0 Å². The summed E-state index contributed by atoms with van der Waals surface area (Å²) in [6, 6.07) is -0.632. The zero-order chi connectivity index (χ0) is 25.9. The SMILES string of the molecule is CCCCCCCCCCC[C@@H](C[C@@H]1OC(=O)[C@H]1CCCCCC)OC(=O)[C@H](CC(C)C)NC=O.S.S.S.S. The summed E-state index contributed by atoms with van der Waals surface area (Å²) in [5, 5.41) is 2.62. The average molecular weight is 632 g/mol. The third kappa shape index (κ3) is 21.2. The van der Waals surface area contributed by atoms with Gasteiger partial charge in [-0.1, -0.05) is 105 Å². The van der Waals surface area contributed by atoms with Gasteiger partial charge >= 0.3 is 11.9 Å². The highest BCUT2D eigenvalue weighted by atomic mass is 32.1. The Bertz CT molecular complexity index is 598. The molecule has 1 fully saturated rings. The molecule has 0 saturated carbocycles. The Kier molecular flexibility index (Phi) is 34.4. The van der Waals surface area contributed by atoms with E-state index < -0.39 is 6.04 Å². The number of cyclic esters (lactones) is 1. The van der Waals surface area contributed by atoms with Crippen LogP contribution in [0.3, 0.4) is 0 Å². The predicted molar refractivity (Wildman–Crippen MR) is 182 cm³/mol. The lowest BCUT2D eigenvalue weighted by Gasteiger charge is -2.37. The summed E-state index contributed by atoms with van der Waals surface area (Å²) in [4.78, 5) is 36.0. The van der Waals surface area contributed by atoms with Gasteiger partial charge in [0.25, 0.3) is 0 Å². The Balaban J connectivity index is -0.00000153. The lowest BCUT2D eigenvalue weighted by Crippen LogP contribution is -2.48. The van der Waals surface area contributed by atoms with Crippen LogP contribution in [0.15, 0.2) is 0 Å². The molecule has 0 aliphatic carbocycles. The molecule has 4 atom stereocenters. The van der Waals surface area contributed by atoms with Gasteiger partial charge < -0.3 is 14.8 Å². The van der Waals surface area contributed by atoms with Gasteiger partial charge in [-0.25, -0.2) is 4.79 Å². The average Bonchev–Trinajstić information content (AvgIpc) is 2.81. The number of unbranched alkanes of at least 4 members (excludes halogenated alkanes) is 11. The first-order chi connectivity index (χ1) is 16.9. The number of hydrogen-bond donors (Lipinski definition) is 1. The molecule has 0 aromatic carbocycles. The van der Waals surface area contributed by atoms with Crippen LogP contribution in [-0.4, -0.2) is 36.6 Å². The first kappa shape index (κ1) is 45.8. The second kappa shape index (κ2) is 29.3. The maximum absolute atomic E-state index is 12.9. The third-order valence-electron chi connectivity index (χ3n) is 7.06. The van der Waals surface area contributed by atoms with E-state index in [2.05, 4.69) is 19.2 Å². The molecular weight excluding hydrogens is 571 g/mol. The van der Waals surface area contributed by atoms with Gasteiger partial charge in [-0.15, -0.1) is 0 Å². The monoisotopic (exact) mass is 631 g/mol. The Morgan fingerprint density at radius 1 is 0.872 bits per heavy atom. The van der Waals surface area contributed by atoms with E-state index >= 15 is 0 Å². The second-order valence-electron chi connectivity index (χ2n) is 10.8. The number of carbonyl (C=O) groups excluding carboxylic acids is 3. The fourth-order valence-electron chi connectivity index (χ4n) is 4.90. The molecule has 0 unspecified atom stereocenters. The van der Waals surface area contributed by atoms with Crippen molar-refractivity contribution < 1.29 is 23.9 Å². The van der Waals surface area contributed by atoms with Crippen molar-refractivity contribution in [2.75, 3.05) is 0 Å². The van der Waals surface area contributed by atoms with Crippen molar-refractivity contribution in [3.05, 3.63) is 0 Å². The van der Waals surface area contributed by atoms with Gasteiger partial charge in [0.2, 0.25) is 6.41 Å². The maximum Gasteiger partial charge on any atom is 0.328 e. The second-order valence-corrected chi connectivity index (χ2v) is 10.8. The molecule has 39 heavy (non-hydrogen) atoms. The lowest BCUT2D eigenvalue weighted by atomic mass is 9.86. The molecule has 0 bridgehead atoms. The van der Waals surface area contributed by atoms with Gasteiger partial charge in [-0.05, 0) is 31.6 Å². The number of carbonyl (C=O) groups is 3. The van der Waals surface area contributed by atoms with E-state index in [1.165, 1.54) is 57.8 Å². The molecule has 0 radical (unpaired) electrons. The van der Waals surface area contributed by atoms with Crippen molar-refractivity contribution in [3.63, 3.8) is 0 Å². The number of rotatable bonds is 23. The summed E-state index contributed by atoms with van der Waals surface area (Å²) in [5.41, 5.74) is 0. The minimum absolute atomic E-state index is 0. The van der Waals surface area contributed by atoms with Crippen molar-refractivity contribution in [3.8, 4) is 0 Å². The van der Waals surface area contributed by atoms with Crippen molar-refractivity contribution in [2.45, 2.75) is 155 Å². The molecular formula is C29H61NO5S4. The van der Waals surface area contributed by atoms with Crippen molar-refractivity contribution in [1.29, 1.82) is 0 Å². The number of amides is 1. The van der Waals surface area contributed by atoms with E-state index in [0.717, 1.165) is 38.5 Å². The molecule has 0 spiro atoms. The van der Waals surface area contributed by atoms with Crippen LogP contribution in [-0.2, 0) is 23.9 Å². The minimum atomic E-state index is -0.632. The minimum Gasteiger partial charge on any atom is -0.461 e. The first-order valence-electron chi connectivity index (χ1n) is 14.5. The van der Waals surface area contributed by atoms with Gasteiger partial charge in [0.05, 0.1) is 5.92 Å². The van der Waals surface area contributed by atoms with Gasteiger partial charge in [0, 0.05) is 6.42 Å². The number of ether oxygens (including phenoxy) is 2. The molecule has 1 aliphatic rings. The summed E-state index contributed by atoms with van der Waals surface area (Å²) in [6.45, 7) is 8.45. The summed E-state index contributed by atoms with van der Waals surface area (Å²) < 4.78 is 11.4. The van der Waals surface area contributed by atoms with Crippen LogP contribution in [0.2, 0.25) is 0 Å². The fourth-order valence-corrected chi connectivity index (χ4v) is 4.90. The normalized spacial score (nSPS) is 17.1. The molecule has 1 N–H and O–H groups in total. The fraction of sp³-hybridized carbons (Fsp3) is 0.897. The van der Waals surface area contributed by atoms with Crippen LogP contribution >= 0.6 is 54.0 Å². The van der Waals surface area contributed by atoms with Crippen LogP contribution in [0.4, 0.5) is 0 Å². The van der Waals surface area contributed by atoms with Crippen LogP contribution in [0, 0.1) is 11.8 Å². The number of nitrogens with one attached hydrogen (secondary N) is 1. The standard InChI is InChI=1S/C29H53NO5.4H2S/c1-5-7-9-11-12-13-14-15-16-18-24(34-29(33)26(30-22-31)20-23(3)4)21-27-25(28(32)35-27)19-17-10-8-6-2;;;;/h22-27H,5-21H2,1-4H3,(H,30,31);4*1H2/t24-,25-,26-,27-;;;;/m0..../s1. The highest BCUT2D eigenvalue weighted by Crippen LogP contribution is 2.32. The number of esters is 2. The molecule has 0 aromatic rings. The molecule has 1 aliphatic heterocycles. The van der Waals surface area contributed by atoms with E-state index in [9.17, 15) is 14.4 Å². The summed E-state index contributed by atoms with van der Waals surface area (Å²) >= 11 is 0.